The summed E-state index contributed by atoms with van der Waals surface area (Å²) in [4.78, 5) is 2.61. The smallest absolute Gasteiger partial charge is 0.0125 e. The quantitative estimate of drug-likeness (QED) is 0.758. The molecule has 0 spiro atoms. The number of hydrogen-bond donors (Lipinski definition) is 1. The van der Waals surface area contributed by atoms with Crippen molar-refractivity contribution < 1.29 is 0 Å². The first kappa shape index (κ1) is 11.4. The third-order valence-electron chi connectivity index (χ3n) is 4.61. The molecule has 0 unspecified atom stereocenters. The van der Waals surface area contributed by atoms with E-state index in [0.29, 0.717) is 11.5 Å². The molecule has 0 saturated heterocycles. The molecule has 0 amide bonds. The predicted molar refractivity (Wildman–Crippen MR) is 64.8 cm³/mol. The van der Waals surface area contributed by atoms with Crippen LogP contribution in [0.15, 0.2) is 0 Å². The highest BCUT2D eigenvalue weighted by Crippen LogP contribution is 2.38. The van der Waals surface area contributed by atoms with Gasteiger partial charge in [-0.2, -0.15) is 0 Å². The second-order valence-electron chi connectivity index (χ2n) is 6.45. The fourth-order valence-corrected chi connectivity index (χ4v) is 3.05. The molecule has 2 rings (SSSR count). The van der Waals surface area contributed by atoms with Crippen LogP contribution in [-0.4, -0.2) is 30.1 Å². The number of hydrogen-bond acceptors (Lipinski definition) is 2. The van der Waals surface area contributed by atoms with Crippen molar-refractivity contribution in [3.63, 3.8) is 0 Å². The summed E-state index contributed by atoms with van der Waals surface area (Å²) >= 11 is 0. The zero-order chi connectivity index (χ0) is 11.1. The van der Waals surface area contributed by atoms with Crippen LogP contribution in [0.25, 0.3) is 0 Å². The van der Waals surface area contributed by atoms with Crippen LogP contribution in [0, 0.1) is 5.41 Å². The van der Waals surface area contributed by atoms with Gasteiger partial charge in [0.25, 0.3) is 0 Å². The van der Waals surface area contributed by atoms with Crippen molar-refractivity contribution >= 4 is 0 Å². The van der Waals surface area contributed by atoms with E-state index in [1.54, 1.807) is 0 Å². The van der Waals surface area contributed by atoms with Crippen LogP contribution >= 0.6 is 0 Å². The van der Waals surface area contributed by atoms with Gasteiger partial charge in [0.15, 0.2) is 0 Å². The van der Waals surface area contributed by atoms with Crippen molar-refractivity contribution in [2.24, 2.45) is 11.1 Å². The molecule has 2 saturated carbocycles. The zero-order valence-electron chi connectivity index (χ0n) is 10.5. The monoisotopic (exact) mass is 210 g/mol. The molecule has 0 aliphatic heterocycles. The summed E-state index contributed by atoms with van der Waals surface area (Å²) in [6, 6.07) is 2.10. The Hall–Kier alpha value is -0.0800. The van der Waals surface area contributed by atoms with Gasteiger partial charge >= 0.3 is 0 Å². The highest BCUT2D eigenvalue weighted by atomic mass is 15.2. The number of nitrogens with zero attached hydrogens (tertiary/aromatic N) is 1. The maximum Gasteiger partial charge on any atom is 0.0125 e. The lowest BCUT2D eigenvalue weighted by Crippen LogP contribution is -2.53. The molecule has 2 heteroatoms. The predicted octanol–water partition coefficient (Wildman–Crippen LogP) is 2.38. The van der Waals surface area contributed by atoms with Gasteiger partial charge in [0.2, 0.25) is 0 Å². The highest BCUT2D eigenvalue weighted by molar-refractivity contribution is 4.92. The molecule has 2 N–H and O–H groups in total. The minimum absolute atomic E-state index is 0.484. The Kier molecular flexibility index (Phi) is 3.09. The van der Waals surface area contributed by atoms with Crippen LogP contribution in [-0.2, 0) is 0 Å². The first-order valence-electron chi connectivity index (χ1n) is 6.45. The molecule has 2 aliphatic carbocycles. The molecule has 0 aromatic rings. The van der Waals surface area contributed by atoms with Crippen molar-refractivity contribution in [3.05, 3.63) is 0 Å². The molecule has 0 heterocycles. The first-order valence-corrected chi connectivity index (χ1v) is 6.45. The molecule has 0 bridgehead atoms. The molecule has 0 radical (unpaired) electrons. The van der Waals surface area contributed by atoms with E-state index in [2.05, 4.69) is 25.8 Å². The molecule has 2 aliphatic rings. The SMILES string of the molecule is CN(C1CCC(C)(C)CC1)C1CC(N)C1. The van der Waals surface area contributed by atoms with Crippen molar-refractivity contribution in [2.75, 3.05) is 7.05 Å². The Balaban J connectivity index is 1.80. The highest BCUT2D eigenvalue weighted by Gasteiger charge is 2.35. The van der Waals surface area contributed by atoms with Gasteiger partial charge < -0.3 is 10.6 Å². The molecule has 0 aromatic heterocycles. The minimum Gasteiger partial charge on any atom is -0.328 e. The van der Waals surface area contributed by atoms with Gasteiger partial charge in [-0.05, 0) is 51.0 Å². The maximum absolute atomic E-state index is 5.85. The number of nitrogens with two attached hydrogens (primary N) is 1. The second-order valence-corrected chi connectivity index (χ2v) is 6.45. The molecule has 0 atom stereocenters. The van der Waals surface area contributed by atoms with E-state index in [0.717, 1.165) is 12.1 Å². The molecule has 88 valence electrons. The van der Waals surface area contributed by atoms with Crippen LogP contribution in [0.3, 0.4) is 0 Å². The maximum atomic E-state index is 5.85. The van der Waals surface area contributed by atoms with Crippen molar-refractivity contribution in [1.29, 1.82) is 0 Å². The molecule has 2 fully saturated rings. The fraction of sp³-hybridized carbons (Fsp3) is 1.00. The average molecular weight is 210 g/mol. The van der Waals surface area contributed by atoms with Crippen molar-refractivity contribution in [2.45, 2.75) is 70.5 Å². The second kappa shape index (κ2) is 4.06. The van der Waals surface area contributed by atoms with E-state index in [4.69, 9.17) is 5.73 Å². The lowest BCUT2D eigenvalue weighted by atomic mass is 9.74. The molecule has 15 heavy (non-hydrogen) atoms. The van der Waals surface area contributed by atoms with Crippen LogP contribution in [0.1, 0.15) is 52.4 Å². The van der Waals surface area contributed by atoms with Gasteiger partial charge in [0.05, 0.1) is 0 Å². The van der Waals surface area contributed by atoms with Gasteiger partial charge in [-0.1, -0.05) is 13.8 Å². The van der Waals surface area contributed by atoms with E-state index >= 15 is 0 Å². The summed E-state index contributed by atoms with van der Waals surface area (Å²) in [7, 11) is 2.31. The molecule has 0 aromatic carbocycles. The Bertz CT molecular complexity index is 209. The largest absolute Gasteiger partial charge is 0.328 e. The molecular weight excluding hydrogens is 184 g/mol. The van der Waals surface area contributed by atoms with Gasteiger partial charge in [-0.15, -0.1) is 0 Å². The van der Waals surface area contributed by atoms with Crippen molar-refractivity contribution in [1.82, 2.24) is 4.90 Å². The van der Waals surface area contributed by atoms with Crippen LogP contribution in [0.4, 0.5) is 0 Å². The Morgan fingerprint density at radius 1 is 1.07 bits per heavy atom. The summed E-state index contributed by atoms with van der Waals surface area (Å²) in [5.41, 5.74) is 6.44. The van der Waals surface area contributed by atoms with E-state index in [1.807, 2.05) is 0 Å². The molecular formula is C13H26N2. The Morgan fingerprint density at radius 2 is 1.60 bits per heavy atom. The van der Waals surface area contributed by atoms with Gasteiger partial charge in [0.1, 0.15) is 0 Å². The summed E-state index contributed by atoms with van der Waals surface area (Å²) < 4.78 is 0. The van der Waals surface area contributed by atoms with E-state index in [1.165, 1.54) is 38.5 Å². The molecule has 2 nitrogen and oxygen atoms in total. The topological polar surface area (TPSA) is 29.3 Å². The van der Waals surface area contributed by atoms with Crippen LogP contribution < -0.4 is 5.73 Å². The Morgan fingerprint density at radius 3 is 2.07 bits per heavy atom. The first-order chi connectivity index (χ1) is 6.98. The van der Waals surface area contributed by atoms with Crippen LogP contribution in [0.2, 0.25) is 0 Å². The zero-order valence-corrected chi connectivity index (χ0v) is 10.5. The number of rotatable bonds is 2. The van der Waals surface area contributed by atoms with Gasteiger partial charge in [-0.3, -0.25) is 0 Å². The summed E-state index contributed by atoms with van der Waals surface area (Å²) in [5.74, 6) is 0. The summed E-state index contributed by atoms with van der Waals surface area (Å²) in [5, 5.41) is 0. The fourth-order valence-electron chi connectivity index (χ4n) is 3.05. The standard InChI is InChI=1S/C13H26N2/c1-13(2)6-4-11(5-7-13)15(3)12-8-10(14)9-12/h10-12H,4-9,14H2,1-3H3. The lowest BCUT2D eigenvalue weighted by molar-refractivity contribution is 0.0527. The van der Waals surface area contributed by atoms with Gasteiger partial charge in [-0.25, -0.2) is 0 Å². The normalized spacial score (nSPS) is 36.6. The van der Waals surface area contributed by atoms with E-state index in [-0.39, 0.29) is 0 Å². The van der Waals surface area contributed by atoms with Gasteiger partial charge in [0, 0.05) is 18.1 Å². The van der Waals surface area contributed by atoms with Crippen LogP contribution in [0.5, 0.6) is 0 Å². The van der Waals surface area contributed by atoms with E-state index < -0.39 is 0 Å². The average Bonchev–Trinajstić information content (AvgIpc) is 2.12. The lowest BCUT2D eigenvalue weighted by Gasteiger charge is -2.46. The van der Waals surface area contributed by atoms with Crippen molar-refractivity contribution in [3.8, 4) is 0 Å². The summed E-state index contributed by atoms with van der Waals surface area (Å²) in [6.45, 7) is 4.81. The minimum atomic E-state index is 0.484. The van der Waals surface area contributed by atoms with E-state index in [9.17, 15) is 0 Å². The summed E-state index contributed by atoms with van der Waals surface area (Å²) in [6.07, 6.45) is 7.98. The Labute approximate surface area is 94.2 Å². The third-order valence-corrected chi connectivity index (χ3v) is 4.61. The third kappa shape index (κ3) is 2.54.